The molecule has 0 radical (unpaired) electrons. The van der Waals surface area contributed by atoms with Crippen LogP contribution in [0.25, 0.3) is 10.1 Å². The molecule has 0 aliphatic heterocycles. The van der Waals surface area contributed by atoms with Crippen LogP contribution in [0.4, 0.5) is 0 Å². The van der Waals surface area contributed by atoms with Crippen LogP contribution in [-0.2, 0) is 11.2 Å². The molecule has 0 atom stereocenters. The largest absolute Gasteiger partial charge is 0.465 e. The number of rotatable bonds is 5. The fraction of sp³-hybridized carbons (Fsp3) is 0.158. The Kier molecular flexibility index (Phi) is 4.91. The van der Waals surface area contributed by atoms with Gasteiger partial charge in [-0.3, -0.25) is 4.79 Å². The van der Waals surface area contributed by atoms with E-state index in [0.29, 0.717) is 17.7 Å². The number of amides is 1. The molecule has 0 fully saturated rings. The van der Waals surface area contributed by atoms with Crippen molar-refractivity contribution >= 4 is 33.3 Å². The first-order valence-corrected chi connectivity index (χ1v) is 8.48. The molecule has 122 valence electrons. The van der Waals surface area contributed by atoms with Gasteiger partial charge in [0.25, 0.3) is 5.91 Å². The smallest absolute Gasteiger partial charge is 0.337 e. The molecule has 0 saturated heterocycles. The Bertz CT molecular complexity index is 868. The monoisotopic (exact) mass is 339 g/mol. The van der Waals surface area contributed by atoms with Gasteiger partial charge in [-0.15, -0.1) is 11.3 Å². The lowest BCUT2D eigenvalue weighted by molar-refractivity contribution is 0.0600. The van der Waals surface area contributed by atoms with E-state index in [1.165, 1.54) is 22.8 Å². The lowest BCUT2D eigenvalue weighted by Gasteiger charge is -2.06. The summed E-state index contributed by atoms with van der Waals surface area (Å²) in [4.78, 5) is 23.5. The molecule has 3 aromatic rings. The van der Waals surface area contributed by atoms with Crippen LogP contribution < -0.4 is 5.32 Å². The second-order valence-electron chi connectivity index (χ2n) is 5.33. The lowest BCUT2D eigenvalue weighted by Crippen LogP contribution is -2.25. The fourth-order valence-corrected chi connectivity index (χ4v) is 3.51. The molecule has 0 bridgehead atoms. The summed E-state index contributed by atoms with van der Waals surface area (Å²) >= 11 is 1.72. The zero-order chi connectivity index (χ0) is 16.9. The number of thiophene rings is 1. The fourth-order valence-electron chi connectivity index (χ4n) is 2.51. The molecule has 0 unspecified atom stereocenters. The zero-order valence-electron chi connectivity index (χ0n) is 13.2. The van der Waals surface area contributed by atoms with Crippen LogP contribution >= 0.6 is 11.3 Å². The van der Waals surface area contributed by atoms with Gasteiger partial charge < -0.3 is 10.1 Å². The van der Waals surface area contributed by atoms with Gasteiger partial charge >= 0.3 is 5.97 Å². The Balaban J connectivity index is 1.58. The van der Waals surface area contributed by atoms with Gasteiger partial charge in [0.2, 0.25) is 0 Å². The maximum absolute atomic E-state index is 12.2. The minimum Gasteiger partial charge on any atom is -0.465 e. The molecule has 0 aliphatic rings. The van der Waals surface area contributed by atoms with E-state index >= 15 is 0 Å². The third-order valence-corrected chi connectivity index (χ3v) is 4.82. The summed E-state index contributed by atoms with van der Waals surface area (Å²) in [6.07, 6.45) is 0.788. The maximum atomic E-state index is 12.2. The van der Waals surface area contributed by atoms with Crippen molar-refractivity contribution in [1.29, 1.82) is 0 Å². The van der Waals surface area contributed by atoms with Gasteiger partial charge in [0, 0.05) is 16.8 Å². The van der Waals surface area contributed by atoms with Crippen molar-refractivity contribution in [1.82, 2.24) is 5.32 Å². The molecule has 24 heavy (non-hydrogen) atoms. The van der Waals surface area contributed by atoms with E-state index in [9.17, 15) is 9.59 Å². The Hall–Kier alpha value is -2.66. The highest BCUT2D eigenvalue weighted by Crippen LogP contribution is 2.25. The quantitative estimate of drug-likeness (QED) is 0.722. The summed E-state index contributed by atoms with van der Waals surface area (Å²) in [7, 11) is 1.33. The number of benzene rings is 2. The summed E-state index contributed by atoms with van der Waals surface area (Å²) in [6.45, 7) is 0.568. The second kappa shape index (κ2) is 7.27. The summed E-state index contributed by atoms with van der Waals surface area (Å²) in [5.41, 5.74) is 2.20. The number of carbonyl (C=O) groups excluding carboxylic acids is 2. The molecular formula is C19H17NO3S. The van der Waals surface area contributed by atoms with Crippen molar-refractivity contribution in [2.45, 2.75) is 6.42 Å². The summed E-state index contributed by atoms with van der Waals surface area (Å²) in [5.74, 6) is -0.558. The van der Waals surface area contributed by atoms with Crippen LogP contribution in [-0.4, -0.2) is 25.5 Å². The maximum Gasteiger partial charge on any atom is 0.337 e. The second-order valence-corrected chi connectivity index (χ2v) is 6.24. The molecule has 1 amide bonds. The predicted molar refractivity (Wildman–Crippen MR) is 95.6 cm³/mol. The topological polar surface area (TPSA) is 55.4 Å². The van der Waals surface area contributed by atoms with E-state index in [0.717, 1.165) is 6.42 Å². The molecule has 0 aliphatic carbocycles. The molecule has 0 spiro atoms. The highest BCUT2D eigenvalue weighted by molar-refractivity contribution is 7.17. The number of ether oxygens (including phenoxy) is 1. The summed E-state index contributed by atoms with van der Waals surface area (Å²) in [6, 6.07) is 14.7. The van der Waals surface area contributed by atoms with E-state index in [1.807, 2.05) is 12.1 Å². The first-order valence-electron chi connectivity index (χ1n) is 7.60. The molecule has 4 nitrogen and oxygen atoms in total. The molecule has 0 saturated carbocycles. The van der Waals surface area contributed by atoms with E-state index in [1.54, 1.807) is 35.6 Å². The van der Waals surface area contributed by atoms with Gasteiger partial charge in [-0.05, 0) is 53.1 Å². The normalized spacial score (nSPS) is 10.5. The van der Waals surface area contributed by atoms with Gasteiger partial charge in [-0.1, -0.05) is 18.2 Å². The van der Waals surface area contributed by atoms with Gasteiger partial charge in [0.15, 0.2) is 0 Å². The minimum absolute atomic E-state index is 0.147. The highest BCUT2D eigenvalue weighted by Gasteiger charge is 2.09. The van der Waals surface area contributed by atoms with Crippen LogP contribution in [0.5, 0.6) is 0 Å². The first kappa shape index (κ1) is 16.2. The van der Waals surface area contributed by atoms with Crippen molar-refractivity contribution in [2.75, 3.05) is 13.7 Å². The average molecular weight is 339 g/mol. The van der Waals surface area contributed by atoms with Crippen molar-refractivity contribution in [3.63, 3.8) is 0 Å². The molecule has 1 aromatic heterocycles. The number of fused-ring (bicyclic) bond motifs is 1. The number of nitrogens with one attached hydrogen (secondary N) is 1. The van der Waals surface area contributed by atoms with E-state index in [4.69, 9.17) is 0 Å². The predicted octanol–water partition coefficient (Wildman–Crippen LogP) is 3.66. The van der Waals surface area contributed by atoms with Crippen LogP contribution in [0.2, 0.25) is 0 Å². The van der Waals surface area contributed by atoms with Gasteiger partial charge in [-0.25, -0.2) is 4.79 Å². The summed E-state index contributed by atoms with van der Waals surface area (Å²) in [5, 5.41) is 6.30. The lowest BCUT2D eigenvalue weighted by atomic mass is 10.1. The third kappa shape index (κ3) is 3.46. The Morgan fingerprint density at radius 3 is 2.50 bits per heavy atom. The summed E-state index contributed by atoms with van der Waals surface area (Å²) < 4.78 is 5.90. The Morgan fingerprint density at radius 2 is 1.75 bits per heavy atom. The number of carbonyl (C=O) groups is 2. The van der Waals surface area contributed by atoms with Gasteiger partial charge in [-0.2, -0.15) is 0 Å². The molecule has 1 N–H and O–H groups in total. The SMILES string of the molecule is COC(=O)c1ccc(C(=O)NCCc2csc3ccccc23)cc1. The standard InChI is InChI=1S/C19H17NO3S/c1-23-19(22)14-8-6-13(7-9-14)18(21)20-11-10-15-12-24-17-5-3-2-4-16(15)17/h2-9,12H,10-11H2,1H3,(H,20,21). The highest BCUT2D eigenvalue weighted by atomic mass is 32.1. The van der Waals surface area contributed by atoms with Gasteiger partial charge in [0.1, 0.15) is 0 Å². The minimum atomic E-state index is -0.411. The van der Waals surface area contributed by atoms with E-state index in [2.05, 4.69) is 27.6 Å². The number of hydrogen-bond acceptors (Lipinski definition) is 4. The van der Waals surface area contributed by atoms with Crippen LogP contribution in [0.1, 0.15) is 26.3 Å². The van der Waals surface area contributed by atoms with Crippen molar-refractivity contribution in [3.05, 3.63) is 70.6 Å². The zero-order valence-corrected chi connectivity index (χ0v) is 14.1. The van der Waals surface area contributed by atoms with Gasteiger partial charge in [0.05, 0.1) is 12.7 Å². The molecular weight excluding hydrogens is 322 g/mol. The Labute approximate surface area is 144 Å². The number of hydrogen-bond donors (Lipinski definition) is 1. The van der Waals surface area contributed by atoms with Crippen LogP contribution in [0.3, 0.4) is 0 Å². The van der Waals surface area contributed by atoms with Crippen LogP contribution in [0, 0.1) is 0 Å². The van der Waals surface area contributed by atoms with Crippen molar-refractivity contribution in [3.8, 4) is 0 Å². The van der Waals surface area contributed by atoms with E-state index in [-0.39, 0.29) is 5.91 Å². The number of methoxy groups -OCH3 is 1. The Morgan fingerprint density at radius 1 is 1.04 bits per heavy atom. The third-order valence-electron chi connectivity index (χ3n) is 3.81. The van der Waals surface area contributed by atoms with E-state index < -0.39 is 5.97 Å². The molecule has 2 aromatic carbocycles. The average Bonchev–Trinajstić information content (AvgIpc) is 3.04. The molecule has 3 rings (SSSR count). The first-order chi connectivity index (χ1) is 11.7. The number of esters is 1. The van der Waals surface area contributed by atoms with Crippen molar-refractivity contribution in [2.24, 2.45) is 0 Å². The van der Waals surface area contributed by atoms with Crippen LogP contribution in [0.15, 0.2) is 53.9 Å². The van der Waals surface area contributed by atoms with Crippen molar-refractivity contribution < 1.29 is 14.3 Å². The molecule has 5 heteroatoms. The molecule has 1 heterocycles.